The van der Waals surface area contributed by atoms with Crippen LogP contribution in [0.15, 0.2) is 11.4 Å². The van der Waals surface area contributed by atoms with E-state index < -0.39 is 0 Å². The Hall–Kier alpha value is -1.36. The van der Waals surface area contributed by atoms with Crippen molar-refractivity contribution in [1.82, 2.24) is 10.2 Å². The van der Waals surface area contributed by atoms with E-state index in [1.54, 1.807) is 11.3 Å². The summed E-state index contributed by atoms with van der Waals surface area (Å²) in [5, 5.41) is 5.06. The molecule has 1 aromatic rings. The molecule has 2 amide bonds. The van der Waals surface area contributed by atoms with E-state index in [-0.39, 0.29) is 17.9 Å². The van der Waals surface area contributed by atoms with E-state index in [0.29, 0.717) is 12.3 Å². The number of nitrogens with one attached hydrogen (secondary N) is 1. The smallest absolute Gasteiger partial charge is 0.264 e. The largest absolute Gasteiger partial charge is 0.353 e. The second kappa shape index (κ2) is 5.56. The number of nitrogens with zero attached hydrogens (tertiary/aromatic N) is 1. The van der Waals surface area contributed by atoms with Crippen LogP contribution in [-0.4, -0.2) is 35.8 Å². The van der Waals surface area contributed by atoms with Crippen LogP contribution in [0.4, 0.5) is 0 Å². The Balaban J connectivity index is 1.70. The first-order valence-electron chi connectivity index (χ1n) is 7.34. The second-order valence-corrected chi connectivity index (χ2v) is 6.56. The molecule has 2 fully saturated rings. The lowest BCUT2D eigenvalue weighted by Crippen LogP contribution is -2.55. The fourth-order valence-corrected chi connectivity index (χ4v) is 4.20. The Morgan fingerprint density at radius 1 is 1.50 bits per heavy atom. The summed E-state index contributed by atoms with van der Waals surface area (Å²) in [5.41, 5.74) is 1.15. The van der Waals surface area contributed by atoms with E-state index >= 15 is 0 Å². The van der Waals surface area contributed by atoms with Crippen molar-refractivity contribution in [2.24, 2.45) is 5.92 Å². The zero-order valence-corrected chi connectivity index (χ0v) is 12.5. The van der Waals surface area contributed by atoms with Crippen LogP contribution in [0.5, 0.6) is 0 Å². The fraction of sp³-hybridized carbons (Fsp3) is 0.600. The van der Waals surface area contributed by atoms with E-state index in [0.717, 1.165) is 42.8 Å². The van der Waals surface area contributed by atoms with Gasteiger partial charge in [0, 0.05) is 25.6 Å². The number of carbonyl (C=O) groups is 2. The summed E-state index contributed by atoms with van der Waals surface area (Å²) in [5.74, 6) is 0.764. The molecule has 1 N–H and O–H groups in total. The van der Waals surface area contributed by atoms with Crippen LogP contribution in [0.3, 0.4) is 0 Å². The summed E-state index contributed by atoms with van der Waals surface area (Å²) >= 11 is 1.54. The van der Waals surface area contributed by atoms with Crippen LogP contribution < -0.4 is 5.32 Å². The number of rotatable bonds is 2. The van der Waals surface area contributed by atoms with Gasteiger partial charge in [-0.25, -0.2) is 0 Å². The third-order valence-corrected chi connectivity index (χ3v) is 5.38. The van der Waals surface area contributed by atoms with Gasteiger partial charge in [-0.05, 0) is 42.2 Å². The first kappa shape index (κ1) is 13.6. The fourth-order valence-electron chi connectivity index (χ4n) is 3.24. The highest BCUT2D eigenvalue weighted by Crippen LogP contribution is 2.28. The Morgan fingerprint density at radius 3 is 3.15 bits per heavy atom. The van der Waals surface area contributed by atoms with Crippen molar-refractivity contribution in [3.8, 4) is 0 Å². The predicted octanol–water partition coefficient (Wildman–Crippen LogP) is 2.05. The maximum atomic E-state index is 12.6. The SMILES string of the molecule is CCc1ccsc1C(=O)N1CCC2NC(=O)CCC2C1. The monoisotopic (exact) mass is 292 g/mol. The molecule has 2 saturated heterocycles. The van der Waals surface area contributed by atoms with Crippen molar-refractivity contribution in [2.45, 2.75) is 38.6 Å². The molecule has 0 radical (unpaired) electrons. The second-order valence-electron chi connectivity index (χ2n) is 5.64. The molecule has 2 unspecified atom stereocenters. The van der Waals surface area contributed by atoms with Gasteiger partial charge in [0.25, 0.3) is 5.91 Å². The molecule has 2 aliphatic heterocycles. The van der Waals surface area contributed by atoms with Gasteiger partial charge in [0.15, 0.2) is 0 Å². The molecule has 0 bridgehead atoms. The van der Waals surface area contributed by atoms with Gasteiger partial charge in [0.2, 0.25) is 5.91 Å². The average molecular weight is 292 g/mol. The number of carbonyl (C=O) groups excluding carboxylic acids is 2. The molecule has 0 aliphatic carbocycles. The number of hydrogen-bond acceptors (Lipinski definition) is 3. The molecule has 20 heavy (non-hydrogen) atoms. The minimum Gasteiger partial charge on any atom is -0.353 e. The van der Waals surface area contributed by atoms with Crippen molar-refractivity contribution in [3.05, 3.63) is 21.9 Å². The summed E-state index contributed by atoms with van der Waals surface area (Å²) < 4.78 is 0. The van der Waals surface area contributed by atoms with Gasteiger partial charge in [-0.2, -0.15) is 0 Å². The molecule has 0 saturated carbocycles. The number of thiophene rings is 1. The Kier molecular flexibility index (Phi) is 3.78. The zero-order chi connectivity index (χ0) is 14.1. The zero-order valence-electron chi connectivity index (χ0n) is 11.7. The highest BCUT2D eigenvalue weighted by molar-refractivity contribution is 7.12. The molecule has 0 aromatic carbocycles. The first-order chi connectivity index (χ1) is 9.69. The Labute approximate surface area is 123 Å². The summed E-state index contributed by atoms with van der Waals surface area (Å²) in [6.45, 7) is 3.62. The molecular formula is C15H20N2O2S. The lowest BCUT2D eigenvalue weighted by Gasteiger charge is -2.41. The minimum absolute atomic E-state index is 0.164. The highest BCUT2D eigenvalue weighted by atomic mass is 32.1. The number of likely N-dealkylation sites (tertiary alicyclic amines) is 1. The van der Waals surface area contributed by atoms with Crippen LogP contribution in [0.2, 0.25) is 0 Å². The van der Waals surface area contributed by atoms with E-state index in [2.05, 4.69) is 12.2 Å². The molecule has 4 nitrogen and oxygen atoms in total. The number of fused-ring (bicyclic) bond motifs is 1. The van der Waals surface area contributed by atoms with Crippen LogP contribution in [0, 0.1) is 5.92 Å². The first-order valence-corrected chi connectivity index (χ1v) is 8.22. The van der Waals surface area contributed by atoms with Gasteiger partial charge in [-0.3, -0.25) is 9.59 Å². The highest BCUT2D eigenvalue weighted by Gasteiger charge is 2.35. The molecule has 3 heterocycles. The Bertz CT molecular complexity index is 526. The molecule has 0 spiro atoms. The van der Waals surface area contributed by atoms with Gasteiger partial charge in [0.1, 0.15) is 0 Å². The van der Waals surface area contributed by atoms with Crippen molar-refractivity contribution < 1.29 is 9.59 Å². The number of aryl methyl sites for hydroxylation is 1. The van der Waals surface area contributed by atoms with Crippen molar-refractivity contribution in [1.29, 1.82) is 0 Å². The lowest BCUT2D eigenvalue weighted by molar-refractivity contribution is -0.125. The summed E-state index contributed by atoms with van der Waals surface area (Å²) in [4.78, 5) is 26.9. The number of amides is 2. The topological polar surface area (TPSA) is 49.4 Å². The maximum Gasteiger partial charge on any atom is 0.264 e. The lowest BCUT2D eigenvalue weighted by atomic mass is 9.85. The summed E-state index contributed by atoms with van der Waals surface area (Å²) in [6, 6.07) is 2.32. The van der Waals surface area contributed by atoms with E-state index in [1.165, 1.54) is 0 Å². The maximum absolute atomic E-state index is 12.6. The van der Waals surface area contributed by atoms with E-state index in [4.69, 9.17) is 0 Å². The van der Waals surface area contributed by atoms with Crippen LogP contribution in [0.25, 0.3) is 0 Å². The van der Waals surface area contributed by atoms with Gasteiger partial charge in [0.05, 0.1) is 4.88 Å². The average Bonchev–Trinajstić information content (AvgIpc) is 2.94. The molecule has 1 aromatic heterocycles. The van der Waals surface area contributed by atoms with Crippen LogP contribution >= 0.6 is 11.3 Å². The van der Waals surface area contributed by atoms with E-state index in [9.17, 15) is 9.59 Å². The molecular weight excluding hydrogens is 272 g/mol. The minimum atomic E-state index is 0.164. The number of piperidine rings is 2. The molecule has 3 rings (SSSR count). The Morgan fingerprint density at radius 2 is 2.35 bits per heavy atom. The van der Waals surface area contributed by atoms with Gasteiger partial charge >= 0.3 is 0 Å². The standard InChI is InChI=1S/C15H20N2O2S/c1-2-10-6-8-20-14(10)15(19)17-7-5-12-11(9-17)3-4-13(18)16-12/h6,8,11-12H,2-5,7,9H2,1H3,(H,16,18). The third kappa shape index (κ3) is 2.46. The quantitative estimate of drug-likeness (QED) is 0.907. The molecule has 5 heteroatoms. The molecule has 108 valence electrons. The van der Waals surface area contributed by atoms with Crippen LogP contribution in [-0.2, 0) is 11.2 Å². The molecule has 2 aliphatic rings. The van der Waals surface area contributed by atoms with Crippen molar-refractivity contribution in [2.75, 3.05) is 13.1 Å². The van der Waals surface area contributed by atoms with Crippen molar-refractivity contribution in [3.63, 3.8) is 0 Å². The number of hydrogen-bond donors (Lipinski definition) is 1. The summed E-state index contributed by atoms with van der Waals surface area (Å²) in [7, 11) is 0. The van der Waals surface area contributed by atoms with Gasteiger partial charge < -0.3 is 10.2 Å². The summed E-state index contributed by atoms with van der Waals surface area (Å²) in [6.07, 6.45) is 3.29. The molecule has 2 atom stereocenters. The van der Waals surface area contributed by atoms with Crippen molar-refractivity contribution >= 4 is 23.2 Å². The normalized spacial score (nSPS) is 26.1. The van der Waals surface area contributed by atoms with Gasteiger partial charge in [-0.1, -0.05) is 6.92 Å². The third-order valence-electron chi connectivity index (χ3n) is 4.43. The van der Waals surface area contributed by atoms with Gasteiger partial charge in [-0.15, -0.1) is 11.3 Å². The van der Waals surface area contributed by atoms with E-state index in [1.807, 2.05) is 16.3 Å². The van der Waals surface area contributed by atoms with Crippen LogP contribution in [0.1, 0.15) is 41.4 Å². The predicted molar refractivity (Wildman–Crippen MR) is 78.9 cm³/mol.